The van der Waals surface area contributed by atoms with E-state index in [0.717, 1.165) is 51.7 Å². The summed E-state index contributed by atoms with van der Waals surface area (Å²) in [5.74, 6) is -2.71. The number of allylic oxidation sites excluding steroid dienone is 1. The van der Waals surface area contributed by atoms with Crippen LogP contribution in [0.2, 0.25) is 0 Å². The molecule has 4 heterocycles. The summed E-state index contributed by atoms with van der Waals surface area (Å²) in [6, 6.07) is 13.2. The van der Waals surface area contributed by atoms with Gasteiger partial charge in [0, 0.05) is 72.2 Å². The number of hydrogen-bond acceptors (Lipinski definition) is 9. The first-order valence-electron chi connectivity index (χ1n) is 22.5. The first-order chi connectivity index (χ1) is 30.1. The summed E-state index contributed by atoms with van der Waals surface area (Å²) in [6.07, 6.45) is 10.2. The number of benzene rings is 2. The van der Waals surface area contributed by atoms with Crippen LogP contribution < -0.4 is 10.7 Å². The predicted octanol–water partition coefficient (Wildman–Crippen LogP) is 6.71. The molecular weight excluding hydrogens is 797 g/mol. The zero-order valence-electron chi connectivity index (χ0n) is 37.1. The minimum atomic E-state index is -1.14. The number of amides is 3. The number of ether oxygens (including phenoxy) is 1. The highest BCUT2D eigenvalue weighted by Crippen LogP contribution is 2.47. The molecule has 2 aromatic carbocycles. The van der Waals surface area contributed by atoms with E-state index in [1.54, 1.807) is 25.4 Å². The Morgan fingerprint density at radius 2 is 1.79 bits per heavy atom. The van der Waals surface area contributed by atoms with Crippen molar-refractivity contribution in [2.45, 2.75) is 110 Å². The number of nitrogens with one attached hydrogen (secondary N) is 2. The Morgan fingerprint density at radius 1 is 1.02 bits per heavy atom. The first kappa shape index (κ1) is 43.8. The van der Waals surface area contributed by atoms with E-state index >= 15 is 0 Å². The highest BCUT2D eigenvalue weighted by molar-refractivity contribution is 5.96. The Balaban J connectivity index is 1.18. The highest BCUT2D eigenvalue weighted by Gasteiger charge is 2.41. The summed E-state index contributed by atoms with van der Waals surface area (Å²) >= 11 is 0. The Kier molecular flexibility index (Phi) is 12.3. The molecule has 3 N–H and O–H groups in total. The maximum absolute atomic E-state index is 14.7. The fraction of sp³-hybridized carbons (Fsp3) is 0.480. The van der Waals surface area contributed by atoms with Crippen LogP contribution in [0.4, 0.5) is 0 Å². The summed E-state index contributed by atoms with van der Waals surface area (Å²) in [5, 5.41) is 16.7. The third kappa shape index (κ3) is 9.16. The number of pyridine rings is 1. The first-order valence-corrected chi connectivity index (χ1v) is 22.5. The topological polar surface area (TPSA) is 163 Å². The summed E-state index contributed by atoms with van der Waals surface area (Å²) < 4.78 is 8.52. The molecule has 6 bridgehead atoms. The molecule has 2 unspecified atom stereocenters. The molecule has 63 heavy (non-hydrogen) atoms. The number of ketones is 1. The number of cyclic esters (lactones) is 1. The van der Waals surface area contributed by atoms with E-state index in [1.165, 1.54) is 16.0 Å². The molecule has 2 aromatic heterocycles. The fourth-order valence-corrected chi connectivity index (χ4v) is 10.1. The van der Waals surface area contributed by atoms with Gasteiger partial charge in [-0.05, 0) is 122 Å². The number of nitrogens with zero attached hydrogens (tertiary/aromatic N) is 4. The Morgan fingerprint density at radius 3 is 2.51 bits per heavy atom. The SMILES string of the molecule is C=CC(=O)C1CC[C@H](C(=O)N(C)C(C(=O)N[C@H]2Cc3cc(O)cc(c3)-c3ccc4c(c3)c(c(-c3cccnc3)n4C3CC3)CC(C)(C)COC(=O)[C@@H]3CCCN(N3)C2=O)C(C)C)C1. The number of carbonyl (C=O) groups is 5. The van der Waals surface area contributed by atoms with Gasteiger partial charge in [0.05, 0.1) is 12.3 Å². The lowest BCUT2D eigenvalue weighted by atomic mass is 9.84. The van der Waals surface area contributed by atoms with E-state index < -0.39 is 47.2 Å². The third-order valence-electron chi connectivity index (χ3n) is 13.4. The molecule has 2 aliphatic heterocycles. The van der Waals surface area contributed by atoms with Gasteiger partial charge >= 0.3 is 5.97 Å². The van der Waals surface area contributed by atoms with Crippen LogP contribution in [0, 0.1) is 23.2 Å². The molecule has 4 aliphatic rings. The van der Waals surface area contributed by atoms with Crippen molar-refractivity contribution in [1.82, 2.24) is 30.2 Å². The van der Waals surface area contributed by atoms with Crippen LogP contribution in [-0.2, 0) is 41.6 Å². The molecule has 332 valence electrons. The number of phenolic OH excluding ortho intramolecular Hbond substituents is 1. The molecular formula is C50H60N6O7. The van der Waals surface area contributed by atoms with Gasteiger partial charge in [-0.15, -0.1) is 0 Å². The summed E-state index contributed by atoms with van der Waals surface area (Å²) in [4.78, 5) is 75.2. The molecule has 4 aromatic rings. The van der Waals surface area contributed by atoms with Crippen LogP contribution in [0.25, 0.3) is 33.3 Å². The molecule has 5 atom stereocenters. The van der Waals surface area contributed by atoms with Gasteiger partial charge in [-0.3, -0.25) is 34.0 Å². The minimum absolute atomic E-state index is 0.0107. The molecule has 3 amide bonds. The molecule has 13 heteroatoms. The lowest BCUT2D eigenvalue weighted by Crippen LogP contribution is -2.62. The van der Waals surface area contributed by atoms with E-state index in [9.17, 15) is 29.1 Å². The fourth-order valence-electron chi connectivity index (χ4n) is 10.1. The second-order valence-corrected chi connectivity index (χ2v) is 19.3. The van der Waals surface area contributed by atoms with Crippen LogP contribution in [0.5, 0.6) is 5.75 Å². The summed E-state index contributed by atoms with van der Waals surface area (Å²) in [5.41, 5.74) is 9.21. The lowest BCUT2D eigenvalue weighted by Gasteiger charge is -2.37. The second kappa shape index (κ2) is 17.7. The normalized spacial score (nSPS) is 23.2. The Labute approximate surface area is 369 Å². The van der Waals surface area contributed by atoms with Gasteiger partial charge in [0.25, 0.3) is 5.91 Å². The molecule has 2 aliphatic carbocycles. The van der Waals surface area contributed by atoms with Crippen molar-refractivity contribution in [3.05, 3.63) is 84.7 Å². The van der Waals surface area contributed by atoms with Crippen molar-refractivity contribution in [3.8, 4) is 28.1 Å². The van der Waals surface area contributed by atoms with Gasteiger partial charge in [0.1, 0.15) is 23.9 Å². The Bertz CT molecular complexity index is 2440. The van der Waals surface area contributed by atoms with E-state index in [0.29, 0.717) is 56.7 Å². The van der Waals surface area contributed by atoms with Crippen LogP contribution in [0.1, 0.15) is 89.8 Å². The number of carbonyl (C=O) groups excluding carboxylic acids is 5. The van der Waals surface area contributed by atoms with E-state index in [-0.39, 0.29) is 42.3 Å². The number of aromatic nitrogens is 2. The van der Waals surface area contributed by atoms with E-state index in [2.05, 4.69) is 65.0 Å². The van der Waals surface area contributed by atoms with Gasteiger partial charge in [0.15, 0.2) is 5.78 Å². The monoisotopic (exact) mass is 856 g/mol. The zero-order chi connectivity index (χ0) is 44.7. The van der Waals surface area contributed by atoms with Crippen molar-refractivity contribution >= 4 is 40.4 Å². The number of rotatable bonds is 9. The van der Waals surface area contributed by atoms with Crippen molar-refractivity contribution < 1.29 is 33.8 Å². The van der Waals surface area contributed by atoms with Crippen LogP contribution in [0.15, 0.2) is 73.6 Å². The second-order valence-electron chi connectivity index (χ2n) is 19.3. The Hall–Kier alpha value is -5.82. The van der Waals surface area contributed by atoms with Gasteiger partial charge < -0.3 is 24.6 Å². The maximum atomic E-state index is 14.7. The molecule has 1 saturated heterocycles. The van der Waals surface area contributed by atoms with Crippen molar-refractivity contribution in [2.24, 2.45) is 23.2 Å². The van der Waals surface area contributed by atoms with Gasteiger partial charge in [-0.1, -0.05) is 46.4 Å². The van der Waals surface area contributed by atoms with E-state index in [4.69, 9.17) is 4.74 Å². The van der Waals surface area contributed by atoms with E-state index in [1.807, 2.05) is 32.2 Å². The average Bonchev–Trinajstić information content (AvgIpc) is 3.90. The van der Waals surface area contributed by atoms with Crippen LogP contribution in [0.3, 0.4) is 0 Å². The molecule has 0 radical (unpaired) electrons. The number of likely N-dealkylation sites (N-methyl/N-ethyl adjacent to an activating group) is 1. The zero-order valence-corrected chi connectivity index (χ0v) is 37.1. The molecule has 2 saturated carbocycles. The number of fused-ring (bicyclic) bond motifs is 6. The molecule has 0 spiro atoms. The predicted molar refractivity (Wildman–Crippen MR) is 240 cm³/mol. The minimum Gasteiger partial charge on any atom is -0.508 e. The number of esters is 1. The number of phenols is 1. The summed E-state index contributed by atoms with van der Waals surface area (Å²) in [6.45, 7) is 11.9. The maximum Gasteiger partial charge on any atom is 0.324 e. The third-order valence-corrected chi connectivity index (χ3v) is 13.4. The quantitative estimate of drug-likeness (QED) is 0.123. The van der Waals surface area contributed by atoms with Crippen molar-refractivity contribution in [1.29, 1.82) is 0 Å². The highest BCUT2D eigenvalue weighted by atomic mass is 16.5. The smallest absolute Gasteiger partial charge is 0.324 e. The number of hydrazine groups is 1. The van der Waals surface area contributed by atoms with Gasteiger partial charge in [0.2, 0.25) is 11.8 Å². The number of hydrogen-bond donors (Lipinski definition) is 3. The summed E-state index contributed by atoms with van der Waals surface area (Å²) in [7, 11) is 1.60. The molecule has 13 nitrogen and oxygen atoms in total. The van der Waals surface area contributed by atoms with Crippen LogP contribution >= 0.6 is 0 Å². The average molecular weight is 857 g/mol. The lowest BCUT2D eigenvalue weighted by molar-refractivity contribution is -0.155. The van der Waals surface area contributed by atoms with Gasteiger partial charge in [-0.25, -0.2) is 5.43 Å². The van der Waals surface area contributed by atoms with Gasteiger partial charge in [-0.2, -0.15) is 0 Å². The largest absolute Gasteiger partial charge is 0.508 e. The number of aromatic hydroxyl groups is 1. The van der Waals surface area contributed by atoms with Crippen LogP contribution in [-0.4, -0.2) is 92.4 Å². The van der Waals surface area contributed by atoms with Crippen molar-refractivity contribution in [3.63, 3.8) is 0 Å². The molecule has 8 rings (SSSR count). The van der Waals surface area contributed by atoms with Crippen molar-refractivity contribution in [2.75, 3.05) is 20.2 Å². The molecule has 3 fully saturated rings. The standard InChI is InChI=1S/C50H60N6O7/c1-7-43(58)32-12-13-33(23-32)47(60)54(6)44(29(2)3)46(59)52-41-22-30-20-35(24-37(57)21-30)31-14-17-42-38(25-31)39(45(56(42)36-15-16-36)34-10-8-18-51-27-34)26-50(4,5)28-63-49(62)40-11-9-19-55(53-40)48(41)61/h7-8,10,14,17-18,20-21,24-25,27,29,32-33,36,40-41,44,53,57H,1,9,11-13,15-16,19,22-23,26,28H2,2-6H3,(H,52,59)/t32?,33-,40-,41-,44?/m0/s1.